The summed E-state index contributed by atoms with van der Waals surface area (Å²) < 4.78 is 0. The highest BCUT2D eigenvalue weighted by Crippen LogP contribution is 2.33. The molecule has 1 aromatic rings. The van der Waals surface area contributed by atoms with Gasteiger partial charge in [0.1, 0.15) is 5.70 Å². The molecular formula is C10H7N3O3. The third kappa shape index (κ3) is 1.01. The van der Waals surface area contributed by atoms with Gasteiger partial charge in [0.25, 0.3) is 5.91 Å². The van der Waals surface area contributed by atoms with Gasteiger partial charge in [-0.2, -0.15) is 0 Å². The summed E-state index contributed by atoms with van der Waals surface area (Å²) in [5.41, 5.74) is 1.14. The minimum Gasteiger partial charge on any atom is -0.369 e. The molecule has 0 aromatic carbocycles. The van der Waals surface area contributed by atoms with Crippen LogP contribution in [0, 0.1) is 0 Å². The summed E-state index contributed by atoms with van der Waals surface area (Å²) in [6.07, 6.45) is 1.89. The zero-order valence-electron chi connectivity index (χ0n) is 8.04. The molecule has 80 valence electrons. The molecule has 1 unspecified atom stereocenters. The number of hydrogen-bond donors (Lipinski definition) is 2. The highest BCUT2D eigenvalue weighted by Gasteiger charge is 2.41. The van der Waals surface area contributed by atoms with Crippen LogP contribution in [0.15, 0.2) is 24.0 Å². The van der Waals surface area contributed by atoms with Gasteiger partial charge in [-0.05, 0) is 12.1 Å². The molecule has 3 rings (SSSR count). The molecule has 0 bridgehead atoms. The van der Waals surface area contributed by atoms with Gasteiger partial charge in [0.2, 0.25) is 0 Å². The molecule has 3 heterocycles. The third-order valence-electron chi connectivity index (χ3n) is 2.60. The summed E-state index contributed by atoms with van der Waals surface area (Å²) in [4.78, 5) is 27.9. The molecule has 2 N–H and O–H groups in total. The lowest BCUT2D eigenvalue weighted by Gasteiger charge is -2.26. The molecule has 1 aromatic heterocycles. The van der Waals surface area contributed by atoms with E-state index in [1.54, 1.807) is 18.3 Å². The van der Waals surface area contributed by atoms with E-state index in [1.165, 1.54) is 6.08 Å². The van der Waals surface area contributed by atoms with Gasteiger partial charge in [-0.1, -0.05) is 6.07 Å². The number of urea groups is 1. The van der Waals surface area contributed by atoms with Crippen LogP contribution in [0.1, 0.15) is 17.5 Å². The normalized spacial score (nSPS) is 22.4. The Hall–Kier alpha value is -2.21. The number of aliphatic hydroxyl groups excluding tert-OH is 1. The predicted molar refractivity (Wildman–Crippen MR) is 52.6 cm³/mol. The summed E-state index contributed by atoms with van der Waals surface area (Å²) in [5.74, 6) is -0.514. The number of nitrogens with zero attached hydrogens (tertiary/aromatic N) is 2. The Morgan fingerprint density at radius 3 is 3.06 bits per heavy atom. The quantitative estimate of drug-likeness (QED) is 0.598. The summed E-state index contributed by atoms with van der Waals surface area (Å²) in [7, 11) is 0. The molecule has 1 atom stereocenters. The Morgan fingerprint density at radius 1 is 1.44 bits per heavy atom. The van der Waals surface area contributed by atoms with Gasteiger partial charge < -0.3 is 5.11 Å². The fourth-order valence-electron chi connectivity index (χ4n) is 1.86. The Balaban J connectivity index is 2.22. The minimum absolute atomic E-state index is 0.128. The molecule has 0 saturated carbocycles. The number of rotatable bonds is 0. The van der Waals surface area contributed by atoms with Crippen LogP contribution in [0.5, 0.6) is 0 Å². The van der Waals surface area contributed by atoms with Gasteiger partial charge in [-0.3, -0.25) is 20.0 Å². The van der Waals surface area contributed by atoms with Crippen molar-refractivity contribution in [2.75, 3.05) is 0 Å². The maximum atomic E-state index is 11.4. The Labute approximate surface area is 90.2 Å². The lowest BCUT2D eigenvalue weighted by molar-refractivity contribution is -0.116. The molecular weight excluding hydrogens is 210 g/mol. The fraction of sp³-hybridized carbons (Fsp3) is 0.100. The number of fused-ring (bicyclic) bond motifs is 2. The lowest BCUT2D eigenvalue weighted by atomic mass is 10.1. The van der Waals surface area contributed by atoms with Crippen molar-refractivity contribution in [3.8, 4) is 0 Å². The van der Waals surface area contributed by atoms with E-state index in [4.69, 9.17) is 0 Å². The molecule has 16 heavy (non-hydrogen) atoms. The Kier molecular flexibility index (Phi) is 1.64. The zero-order chi connectivity index (χ0) is 11.3. The fourth-order valence-corrected chi connectivity index (χ4v) is 1.86. The van der Waals surface area contributed by atoms with E-state index >= 15 is 0 Å². The van der Waals surface area contributed by atoms with Crippen LogP contribution >= 0.6 is 0 Å². The number of nitrogens with one attached hydrogen (secondary N) is 1. The molecule has 3 amide bonds. The smallest absolute Gasteiger partial charge is 0.331 e. The maximum absolute atomic E-state index is 11.4. The standard InChI is InChI=1S/C10H7N3O3/c14-8-7-4-6-5(2-1-3-11-6)9(15)13(7)10(16)12-8/h1-4,9,15H,(H,12,14,16). The van der Waals surface area contributed by atoms with Crippen LogP contribution in [0.3, 0.4) is 0 Å². The summed E-state index contributed by atoms with van der Waals surface area (Å²) in [6.45, 7) is 0. The summed E-state index contributed by atoms with van der Waals surface area (Å²) in [5, 5.41) is 12.1. The van der Waals surface area contributed by atoms with Gasteiger partial charge in [0, 0.05) is 11.8 Å². The van der Waals surface area contributed by atoms with E-state index < -0.39 is 18.2 Å². The Morgan fingerprint density at radius 2 is 2.25 bits per heavy atom. The second kappa shape index (κ2) is 2.89. The van der Waals surface area contributed by atoms with Crippen molar-refractivity contribution in [3.63, 3.8) is 0 Å². The SMILES string of the molecule is O=C1NC(=O)N2C1=Cc1ncccc1C2O. The van der Waals surface area contributed by atoms with E-state index in [9.17, 15) is 14.7 Å². The van der Waals surface area contributed by atoms with Crippen LogP contribution in [0.25, 0.3) is 6.08 Å². The number of aromatic nitrogens is 1. The first-order valence-electron chi connectivity index (χ1n) is 4.68. The van der Waals surface area contributed by atoms with Crippen molar-refractivity contribution in [1.29, 1.82) is 0 Å². The van der Waals surface area contributed by atoms with E-state index in [0.29, 0.717) is 11.3 Å². The van der Waals surface area contributed by atoms with E-state index in [1.807, 2.05) is 0 Å². The van der Waals surface area contributed by atoms with Gasteiger partial charge >= 0.3 is 6.03 Å². The number of hydrogen-bond acceptors (Lipinski definition) is 4. The van der Waals surface area contributed by atoms with Gasteiger partial charge in [0.15, 0.2) is 6.23 Å². The van der Waals surface area contributed by atoms with Gasteiger partial charge in [-0.15, -0.1) is 0 Å². The van der Waals surface area contributed by atoms with E-state index in [0.717, 1.165) is 4.90 Å². The molecule has 0 radical (unpaired) electrons. The summed E-state index contributed by atoms with van der Waals surface area (Å²) in [6, 6.07) is 2.71. The largest absolute Gasteiger partial charge is 0.369 e. The molecule has 6 nitrogen and oxygen atoms in total. The van der Waals surface area contributed by atoms with Crippen molar-refractivity contribution in [2.24, 2.45) is 0 Å². The average Bonchev–Trinajstić information content (AvgIpc) is 2.55. The topological polar surface area (TPSA) is 82.5 Å². The van der Waals surface area contributed by atoms with Crippen molar-refractivity contribution in [2.45, 2.75) is 6.23 Å². The van der Waals surface area contributed by atoms with Crippen molar-refractivity contribution < 1.29 is 14.7 Å². The molecule has 2 aliphatic rings. The van der Waals surface area contributed by atoms with Gasteiger partial charge in [-0.25, -0.2) is 4.79 Å². The number of carbonyl (C=O) groups is 2. The second-order valence-corrected chi connectivity index (χ2v) is 3.51. The highest BCUT2D eigenvalue weighted by atomic mass is 16.3. The third-order valence-corrected chi connectivity index (χ3v) is 2.60. The molecule has 0 aliphatic carbocycles. The lowest BCUT2D eigenvalue weighted by Crippen LogP contribution is -2.33. The first kappa shape index (κ1) is 9.05. The van der Waals surface area contributed by atoms with E-state index in [2.05, 4.69) is 10.3 Å². The number of aliphatic hydroxyl groups is 1. The maximum Gasteiger partial charge on any atom is 0.331 e. The zero-order valence-corrected chi connectivity index (χ0v) is 8.04. The van der Waals surface area contributed by atoms with Crippen molar-refractivity contribution in [3.05, 3.63) is 35.3 Å². The first-order valence-corrected chi connectivity index (χ1v) is 4.68. The first-order chi connectivity index (χ1) is 7.68. The van der Waals surface area contributed by atoms with Gasteiger partial charge in [0.05, 0.1) is 5.69 Å². The van der Waals surface area contributed by atoms with Crippen LogP contribution in [0.2, 0.25) is 0 Å². The van der Waals surface area contributed by atoms with Crippen molar-refractivity contribution in [1.82, 2.24) is 15.2 Å². The number of imide groups is 1. The molecule has 0 spiro atoms. The summed E-state index contributed by atoms with van der Waals surface area (Å²) >= 11 is 0. The predicted octanol–water partition coefficient (Wildman–Crippen LogP) is -0.0212. The minimum atomic E-state index is -1.16. The average molecular weight is 217 g/mol. The monoisotopic (exact) mass is 217 g/mol. The molecule has 1 saturated heterocycles. The van der Waals surface area contributed by atoms with Crippen molar-refractivity contribution >= 4 is 18.0 Å². The van der Waals surface area contributed by atoms with Crippen LogP contribution in [-0.4, -0.2) is 26.9 Å². The Bertz CT molecular complexity index is 538. The molecule has 2 aliphatic heterocycles. The number of pyridine rings is 1. The van der Waals surface area contributed by atoms with E-state index in [-0.39, 0.29) is 5.70 Å². The molecule has 6 heteroatoms. The number of carbonyl (C=O) groups excluding carboxylic acids is 2. The number of amides is 3. The van der Waals surface area contributed by atoms with Crippen LogP contribution in [-0.2, 0) is 4.79 Å². The van der Waals surface area contributed by atoms with Crippen LogP contribution < -0.4 is 5.32 Å². The molecule has 1 fully saturated rings. The second-order valence-electron chi connectivity index (χ2n) is 3.51. The highest BCUT2D eigenvalue weighted by molar-refractivity contribution is 6.14. The van der Waals surface area contributed by atoms with Crippen LogP contribution in [0.4, 0.5) is 4.79 Å².